The molecule has 0 unspecified atom stereocenters. The molecule has 3 heterocycles. The van der Waals surface area contributed by atoms with Crippen molar-refractivity contribution in [3.8, 4) is 11.4 Å². The van der Waals surface area contributed by atoms with Gasteiger partial charge in [-0.3, -0.25) is 9.36 Å². The van der Waals surface area contributed by atoms with Gasteiger partial charge in [0.25, 0.3) is 0 Å². The van der Waals surface area contributed by atoms with Crippen LogP contribution in [-0.4, -0.2) is 28.7 Å². The number of imidazole rings is 1. The van der Waals surface area contributed by atoms with Crippen LogP contribution in [0.25, 0.3) is 16.7 Å². The lowest BCUT2D eigenvalue weighted by Crippen LogP contribution is -2.11. The number of carbonyl (C=O) groups excluding carboxylic acids is 1. The van der Waals surface area contributed by atoms with Gasteiger partial charge in [-0.2, -0.15) is 0 Å². The highest BCUT2D eigenvalue weighted by molar-refractivity contribution is 5.79. The third kappa shape index (κ3) is 4.49. The Kier molecular flexibility index (Phi) is 6.49. The molecule has 8 heteroatoms. The number of esters is 1. The molecule has 1 fully saturated rings. The first-order valence-corrected chi connectivity index (χ1v) is 13.1. The van der Waals surface area contributed by atoms with E-state index in [0.29, 0.717) is 31.7 Å². The van der Waals surface area contributed by atoms with E-state index in [2.05, 4.69) is 28.9 Å². The summed E-state index contributed by atoms with van der Waals surface area (Å²) in [5.41, 5.74) is 6.52. The number of carbonyl (C=O) groups is 1. The fraction of sp³-hybridized carbons (Fsp3) is 0.333. The number of hydrogen-bond acceptors (Lipinski definition) is 6. The van der Waals surface area contributed by atoms with Crippen LogP contribution in [0.15, 0.2) is 54.6 Å². The van der Waals surface area contributed by atoms with Gasteiger partial charge in [-0.25, -0.2) is 9.37 Å². The number of fused-ring (bicyclic) bond motifs is 2. The molecular formula is C30H30FN3O4. The van der Waals surface area contributed by atoms with Crippen molar-refractivity contribution in [3.63, 3.8) is 0 Å². The normalized spacial score (nSPS) is 18.4. The first-order valence-electron chi connectivity index (χ1n) is 13.1. The van der Waals surface area contributed by atoms with Crippen LogP contribution in [0.2, 0.25) is 0 Å². The molecule has 0 amide bonds. The van der Waals surface area contributed by atoms with Crippen molar-refractivity contribution < 1.29 is 23.4 Å². The van der Waals surface area contributed by atoms with Gasteiger partial charge in [-0.15, -0.1) is 0 Å². The van der Waals surface area contributed by atoms with E-state index < -0.39 is 0 Å². The molecule has 4 aromatic rings. The number of benzene rings is 3. The number of nitrogens with zero attached hydrogens (tertiary/aromatic N) is 2. The van der Waals surface area contributed by atoms with Crippen molar-refractivity contribution in [2.75, 3.05) is 18.5 Å². The van der Waals surface area contributed by atoms with E-state index in [4.69, 9.17) is 19.2 Å². The highest BCUT2D eigenvalue weighted by Gasteiger charge is 2.28. The predicted molar refractivity (Wildman–Crippen MR) is 142 cm³/mol. The molecule has 2 aliphatic heterocycles. The number of ether oxygens (including phenoxy) is 3. The molecule has 1 N–H and O–H groups in total. The smallest absolute Gasteiger partial charge is 0.306 e. The summed E-state index contributed by atoms with van der Waals surface area (Å²) >= 11 is 0. The Morgan fingerprint density at radius 3 is 2.92 bits per heavy atom. The maximum absolute atomic E-state index is 14.0. The number of rotatable bonds is 7. The van der Waals surface area contributed by atoms with Crippen LogP contribution in [-0.2, 0) is 20.8 Å². The molecule has 2 atom stereocenters. The topological polar surface area (TPSA) is 74.6 Å². The number of nitrogens with one attached hydrogen (secondary N) is 1. The molecule has 6 rings (SSSR count). The SMILES string of the molecule is CCC(=O)O[C@@H]1COc2cc(NCc3cccc(-n4c([C@H]5CCCO5)nc5cc(F)ccc54)c3C)ccc21. The molecule has 3 aromatic carbocycles. The van der Waals surface area contributed by atoms with Crippen molar-refractivity contribution in [2.24, 2.45) is 0 Å². The summed E-state index contributed by atoms with van der Waals surface area (Å²) in [7, 11) is 0. The molecule has 1 aromatic heterocycles. The Labute approximate surface area is 220 Å². The Balaban J connectivity index is 1.27. The second-order valence-electron chi connectivity index (χ2n) is 9.75. The number of aromatic nitrogens is 2. The van der Waals surface area contributed by atoms with Crippen LogP contribution in [0.1, 0.15) is 60.9 Å². The molecular weight excluding hydrogens is 485 g/mol. The summed E-state index contributed by atoms with van der Waals surface area (Å²) in [6.45, 7) is 5.52. The largest absolute Gasteiger partial charge is 0.489 e. The second-order valence-corrected chi connectivity index (χ2v) is 9.75. The van der Waals surface area contributed by atoms with Gasteiger partial charge >= 0.3 is 5.97 Å². The first kappa shape index (κ1) is 24.4. The first-order chi connectivity index (χ1) is 18.5. The molecule has 196 valence electrons. The summed E-state index contributed by atoms with van der Waals surface area (Å²) in [6.07, 6.45) is 1.74. The van der Waals surface area contributed by atoms with Crippen LogP contribution >= 0.6 is 0 Å². The van der Waals surface area contributed by atoms with E-state index in [1.165, 1.54) is 12.1 Å². The quantitative estimate of drug-likeness (QED) is 0.290. The van der Waals surface area contributed by atoms with Gasteiger partial charge in [0.15, 0.2) is 6.10 Å². The number of hydrogen-bond donors (Lipinski definition) is 1. The molecule has 2 aliphatic rings. The van der Waals surface area contributed by atoms with Gasteiger partial charge < -0.3 is 19.5 Å². The van der Waals surface area contributed by atoms with Crippen LogP contribution in [0.3, 0.4) is 0 Å². The fourth-order valence-corrected chi connectivity index (χ4v) is 5.25. The fourth-order valence-electron chi connectivity index (χ4n) is 5.25. The minimum atomic E-state index is -0.359. The molecule has 0 spiro atoms. The maximum atomic E-state index is 14.0. The van der Waals surface area contributed by atoms with Crippen molar-refractivity contribution in [1.82, 2.24) is 9.55 Å². The molecule has 7 nitrogen and oxygen atoms in total. The lowest BCUT2D eigenvalue weighted by atomic mass is 10.1. The maximum Gasteiger partial charge on any atom is 0.306 e. The van der Waals surface area contributed by atoms with E-state index in [1.807, 2.05) is 24.3 Å². The third-order valence-corrected chi connectivity index (χ3v) is 7.31. The van der Waals surface area contributed by atoms with Gasteiger partial charge in [-0.05, 0) is 61.2 Å². The molecule has 0 bridgehead atoms. The summed E-state index contributed by atoms with van der Waals surface area (Å²) in [4.78, 5) is 16.5. The minimum Gasteiger partial charge on any atom is -0.489 e. The van der Waals surface area contributed by atoms with E-state index in [0.717, 1.165) is 58.0 Å². The average molecular weight is 516 g/mol. The summed E-state index contributed by atoms with van der Waals surface area (Å²) in [5.74, 6) is 1.00. The molecule has 38 heavy (non-hydrogen) atoms. The molecule has 0 saturated carbocycles. The van der Waals surface area contributed by atoms with Crippen molar-refractivity contribution >= 4 is 22.7 Å². The molecule has 0 aliphatic carbocycles. The highest BCUT2D eigenvalue weighted by atomic mass is 19.1. The minimum absolute atomic E-state index is 0.113. The highest BCUT2D eigenvalue weighted by Crippen LogP contribution is 2.37. The van der Waals surface area contributed by atoms with E-state index in [9.17, 15) is 9.18 Å². The summed E-state index contributed by atoms with van der Waals surface area (Å²) in [5, 5.41) is 3.50. The Hall–Kier alpha value is -3.91. The Bertz CT molecular complexity index is 1510. The zero-order valence-electron chi connectivity index (χ0n) is 21.5. The standard InChI is InChI=1S/C30H30FN3O4/c1-3-29(35)38-28-17-37-27-15-21(10-11-22(27)28)32-16-19-6-4-7-24(18(19)2)34-25-12-9-20(31)14-23(25)33-30(34)26-8-5-13-36-26/h4,6-7,9-12,14-15,26,28,32H,3,5,8,13,16-17H2,1-2H3/t26-,28-/m1/s1. The Morgan fingerprint density at radius 1 is 1.21 bits per heavy atom. The lowest BCUT2D eigenvalue weighted by molar-refractivity contribution is -0.149. The predicted octanol–water partition coefficient (Wildman–Crippen LogP) is 6.32. The summed E-state index contributed by atoms with van der Waals surface area (Å²) < 4.78 is 33.4. The van der Waals surface area contributed by atoms with Crippen molar-refractivity contribution in [3.05, 3.63) is 82.9 Å². The van der Waals surface area contributed by atoms with Gasteiger partial charge in [-0.1, -0.05) is 19.1 Å². The van der Waals surface area contributed by atoms with E-state index in [1.54, 1.807) is 13.0 Å². The van der Waals surface area contributed by atoms with Crippen LogP contribution in [0, 0.1) is 12.7 Å². The lowest BCUT2D eigenvalue weighted by Gasteiger charge is -2.18. The Morgan fingerprint density at radius 2 is 2.11 bits per heavy atom. The van der Waals surface area contributed by atoms with E-state index in [-0.39, 0.29) is 24.0 Å². The van der Waals surface area contributed by atoms with Gasteiger partial charge in [0.1, 0.15) is 30.1 Å². The van der Waals surface area contributed by atoms with Crippen LogP contribution < -0.4 is 10.1 Å². The van der Waals surface area contributed by atoms with Crippen LogP contribution in [0.4, 0.5) is 10.1 Å². The van der Waals surface area contributed by atoms with Crippen molar-refractivity contribution in [1.29, 1.82) is 0 Å². The van der Waals surface area contributed by atoms with Gasteiger partial charge in [0, 0.05) is 43.0 Å². The third-order valence-electron chi connectivity index (χ3n) is 7.31. The van der Waals surface area contributed by atoms with Gasteiger partial charge in [0.05, 0.1) is 16.7 Å². The van der Waals surface area contributed by atoms with Crippen LogP contribution in [0.5, 0.6) is 5.75 Å². The zero-order chi connectivity index (χ0) is 26.2. The molecule has 1 saturated heterocycles. The molecule has 0 radical (unpaired) electrons. The zero-order valence-corrected chi connectivity index (χ0v) is 21.5. The van der Waals surface area contributed by atoms with E-state index >= 15 is 0 Å². The second kappa shape index (κ2) is 10.1. The monoisotopic (exact) mass is 515 g/mol. The average Bonchev–Trinajstić information content (AvgIpc) is 3.67. The van der Waals surface area contributed by atoms with Gasteiger partial charge in [0.2, 0.25) is 0 Å². The summed E-state index contributed by atoms with van der Waals surface area (Å²) in [6, 6.07) is 16.8. The number of halogens is 1. The van der Waals surface area contributed by atoms with Crippen molar-refractivity contribution in [2.45, 2.75) is 51.9 Å². The number of anilines is 1.